The summed E-state index contributed by atoms with van der Waals surface area (Å²) in [5.41, 5.74) is 3.11. The molecule has 34 heavy (non-hydrogen) atoms. The number of aliphatic hydroxyl groups is 1. The molecule has 0 amide bonds. The summed E-state index contributed by atoms with van der Waals surface area (Å²) in [7, 11) is 0. The minimum atomic E-state index is -0.604. The van der Waals surface area contributed by atoms with Crippen molar-refractivity contribution in [2.24, 2.45) is 0 Å². The second kappa shape index (κ2) is 7.60. The highest BCUT2D eigenvalue weighted by atomic mass is 19.1. The lowest BCUT2D eigenvalue weighted by Crippen LogP contribution is -2.30. The number of nitriles is 1. The zero-order valence-electron chi connectivity index (χ0n) is 17.8. The van der Waals surface area contributed by atoms with Crippen LogP contribution in [0, 0.1) is 17.1 Å². The van der Waals surface area contributed by atoms with Crippen LogP contribution in [0.2, 0.25) is 0 Å². The van der Waals surface area contributed by atoms with Crippen molar-refractivity contribution in [2.75, 3.05) is 0 Å². The topological polar surface area (TPSA) is 115 Å². The van der Waals surface area contributed by atoms with Gasteiger partial charge < -0.3 is 5.11 Å². The number of rotatable bonds is 3. The first-order valence-electron chi connectivity index (χ1n) is 10.8. The van der Waals surface area contributed by atoms with E-state index < -0.39 is 11.9 Å². The second-order valence-electron chi connectivity index (χ2n) is 8.26. The highest BCUT2D eigenvalue weighted by molar-refractivity contribution is 5.78. The lowest BCUT2D eigenvalue weighted by Gasteiger charge is -2.29. The van der Waals surface area contributed by atoms with Gasteiger partial charge in [-0.1, -0.05) is 24.3 Å². The molecule has 1 aliphatic carbocycles. The van der Waals surface area contributed by atoms with Crippen molar-refractivity contribution < 1.29 is 9.50 Å². The van der Waals surface area contributed by atoms with Crippen LogP contribution in [0.25, 0.3) is 28.1 Å². The van der Waals surface area contributed by atoms with Gasteiger partial charge in [-0.25, -0.2) is 19.2 Å². The van der Waals surface area contributed by atoms with Gasteiger partial charge in [0.1, 0.15) is 24.2 Å². The van der Waals surface area contributed by atoms with Crippen LogP contribution < -0.4 is 5.69 Å². The Labute approximate surface area is 192 Å². The van der Waals surface area contributed by atoms with Gasteiger partial charge in [-0.2, -0.15) is 10.2 Å². The maximum Gasteiger partial charge on any atom is 0.331 e. The first-order valence-corrected chi connectivity index (χ1v) is 10.8. The van der Waals surface area contributed by atoms with Gasteiger partial charge in [0.15, 0.2) is 5.65 Å². The Morgan fingerprint density at radius 1 is 1.12 bits per heavy atom. The summed E-state index contributed by atoms with van der Waals surface area (Å²) in [5.74, 6) is -0.183. The zero-order valence-corrected chi connectivity index (χ0v) is 17.8. The number of hydrogen-bond acceptors (Lipinski definition) is 6. The molecule has 168 valence electrons. The summed E-state index contributed by atoms with van der Waals surface area (Å²) in [6.45, 7) is -0.152. The summed E-state index contributed by atoms with van der Waals surface area (Å²) in [6.07, 6.45) is 3.42. The van der Waals surface area contributed by atoms with Gasteiger partial charge in [-0.05, 0) is 36.1 Å². The molecule has 1 N–H and O–H groups in total. The Hall–Kier alpha value is -4.36. The number of imidazole rings is 2. The maximum atomic E-state index is 13.9. The van der Waals surface area contributed by atoms with Crippen molar-refractivity contribution in [1.82, 2.24) is 28.7 Å². The number of aliphatic hydroxyl groups excluding tert-OH is 1. The fourth-order valence-electron chi connectivity index (χ4n) is 4.82. The molecule has 10 heteroatoms. The first-order chi connectivity index (χ1) is 16.6. The SMILES string of the molecule is N#CCn1c(=O)n([C@@H]2CC[C@@H](O)c3ccccc32)c2nc(-n3cnc4ccc(F)cc43)ncc21. The van der Waals surface area contributed by atoms with E-state index in [0.29, 0.717) is 35.0 Å². The molecule has 2 atom stereocenters. The zero-order chi connectivity index (χ0) is 23.4. The molecule has 3 heterocycles. The molecule has 0 spiro atoms. The molecular weight excluding hydrogens is 437 g/mol. The van der Waals surface area contributed by atoms with Crippen molar-refractivity contribution in [3.63, 3.8) is 0 Å². The third-order valence-electron chi connectivity index (χ3n) is 6.39. The van der Waals surface area contributed by atoms with E-state index in [4.69, 9.17) is 0 Å². The third-order valence-corrected chi connectivity index (χ3v) is 6.39. The molecule has 2 aromatic carbocycles. The number of aromatic nitrogens is 6. The van der Waals surface area contributed by atoms with Crippen molar-refractivity contribution in [1.29, 1.82) is 5.26 Å². The number of fused-ring (bicyclic) bond motifs is 3. The minimum Gasteiger partial charge on any atom is -0.388 e. The van der Waals surface area contributed by atoms with Crippen LogP contribution in [-0.4, -0.2) is 33.8 Å². The Balaban J connectivity index is 1.61. The molecule has 0 saturated heterocycles. The Bertz CT molecular complexity index is 1680. The van der Waals surface area contributed by atoms with Crippen LogP contribution in [0.3, 0.4) is 0 Å². The molecule has 5 aromatic rings. The average Bonchev–Trinajstić information content (AvgIpc) is 3.38. The van der Waals surface area contributed by atoms with Crippen molar-refractivity contribution in [2.45, 2.75) is 31.5 Å². The first kappa shape index (κ1) is 20.3. The van der Waals surface area contributed by atoms with Gasteiger partial charge in [0, 0.05) is 6.07 Å². The van der Waals surface area contributed by atoms with Gasteiger partial charge in [0.05, 0.1) is 35.4 Å². The minimum absolute atomic E-state index is 0.152. The van der Waals surface area contributed by atoms with Crippen molar-refractivity contribution in [3.8, 4) is 12.0 Å². The van der Waals surface area contributed by atoms with Gasteiger partial charge in [-0.15, -0.1) is 0 Å². The van der Waals surface area contributed by atoms with Crippen LogP contribution in [0.1, 0.15) is 36.1 Å². The van der Waals surface area contributed by atoms with Gasteiger partial charge >= 0.3 is 5.69 Å². The lowest BCUT2D eigenvalue weighted by atomic mass is 9.85. The summed E-state index contributed by atoms with van der Waals surface area (Å²) >= 11 is 0. The fraction of sp³-hybridized carbons (Fsp3) is 0.208. The molecular formula is C24H18FN7O2. The Morgan fingerprint density at radius 3 is 2.76 bits per heavy atom. The van der Waals surface area contributed by atoms with Crippen LogP contribution in [0.15, 0.2) is 59.8 Å². The van der Waals surface area contributed by atoms with E-state index in [1.54, 1.807) is 15.2 Å². The second-order valence-corrected chi connectivity index (χ2v) is 8.26. The highest BCUT2D eigenvalue weighted by Crippen LogP contribution is 2.38. The molecule has 6 rings (SSSR count). The number of benzene rings is 2. The standard InChI is InChI=1S/C24H18FN7O2/c25-14-5-6-17-19(11-14)31(13-28-17)23-27-12-20-22(29-23)32(24(34)30(20)10-9-26)18-7-8-21(33)16-4-2-1-3-15(16)18/h1-6,11-13,18,21,33H,7-8,10H2/t18-,21-/m1/s1. The fourth-order valence-corrected chi connectivity index (χ4v) is 4.82. The van der Waals surface area contributed by atoms with Gasteiger partial charge in [0.25, 0.3) is 0 Å². The van der Waals surface area contributed by atoms with E-state index in [9.17, 15) is 19.6 Å². The average molecular weight is 455 g/mol. The monoisotopic (exact) mass is 455 g/mol. The number of hydrogen-bond donors (Lipinski definition) is 1. The molecule has 0 unspecified atom stereocenters. The third kappa shape index (κ3) is 2.94. The van der Waals surface area contributed by atoms with Crippen molar-refractivity contribution in [3.05, 3.63) is 82.4 Å². The maximum absolute atomic E-state index is 13.9. The molecule has 0 radical (unpaired) electrons. The van der Waals surface area contributed by atoms with E-state index in [-0.39, 0.29) is 24.2 Å². The molecule has 0 bridgehead atoms. The predicted molar refractivity (Wildman–Crippen MR) is 121 cm³/mol. The summed E-state index contributed by atoms with van der Waals surface area (Å²) in [4.78, 5) is 26.9. The van der Waals surface area contributed by atoms with E-state index in [2.05, 4.69) is 15.0 Å². The molecule has 9 nitrogen and oxygen atoms in total. The van der Waals surface area contributed by atoms with E-state index in [0.717, 1.165) is 11.1 Å². The van der Waals surface area contributed by atoms with Crippen LogP contribution in [0.4, 0.5) is 4.39 Å². The van der Waals surface area contributed by atoms with Gasteiger partial charge in [-0.3, -0.25) is 13.7 Å². The van der Waals surface area contributed by atoms with Crippen molar-refractivity contribution >= 4 is 22.2 Å². The number of halogens is 1. The molecule has 0 fully saturated rings. The summed E-state index contributed by atoms with van der Waals surface area (Å²) < 4.78 is 18.4. The van der Waals surface area contributed by atoms with E-state index >= 15 is 0 Å². The van der Waals surface area contributed by atoms with E-state index in [1.165, 1.54) is 29.2 Å². The van der Waals surface area contributed by atoms with E-state index in [1.807, 2.05) is 30.3 Å². The van der Waals surface area contributed by atoms with Crippen LogP contribution in [0.5, 0.6) is 0 Å². The molecule has 1 aliphatic rings. The molecule has 0 saturated carbocycles. The normalized spacial score (nSPS) is 17.7. The smallest absolute Gasteiger partial charge is 0.331 e. The summed E-state index contributed by atoms with van der Waals surface area (Å²) in [6, 6.07) is 13.4. The molecule has 3 aromatic heterocycles. The summed E-state index contributed by atoms with van der Waals surface area (Å²) in [5, 5.41) is 19.8. The van der Waals surface area contributed by atoms with Crippen LogP contribution in [-0.2, 0) is 6.54 Å². The predicted octanol–water partition coefficient (Wildman–Crippen LogP) is 3.01. The number of nitrogens with zero attached hydrogens (tertiary/aromatic N) is 7. The Kier molecular flexibility index (Phi) is 4.53. The highest BCUT2D eigenvalue weighted by Gasteiger charge is 2.31. The van der Waals surface area contributed by atoms with Gasteiger partial charge in [0.2, 0.25) is 5.95 Å². The molecule has 0 aliphatic heterocycles. The quantitative estimate of drug-likeness (QED) is 0.447. The lowest BCUT2D eigenvalue weighted by molar-refractivity contribution is 0.147. The van der Waals surface area contributed by atoms with Crippen LogP contribution >= 0.6 is 0 Å². The largest absolute Gasteiger partial charge is 0.388 e. The Morgan fingerprint density at radius 2 is 1.94 bits per heavy atom.